The van der Waals surface area contributed by atoms with Gasteiger partial charge in [-0.25, -0.2) is 9.78 Å². The predicted molar refractivity (Wildman–Crippen MR) is 77.4 cm³/mol. The number of imidazole rings is 1. The van der Waals surface area contributed by atoms with E-state index in [1.807, 2.05) is 25.1 Å². The Kier molecular flexibility index (Phi) is 4.24. The van der Waals surface area contributed by atoms with Gasteiger partial charge in [0.15, 0.2) is 0 Å². The number of nitrogens with zero attached hydrogens (tertiary/aromatic N) is 2. The molecule has 1 atom stereocenters. The number of fused-ring (bicyclic) bond motifs is 1. The van der Waals surface area contributed by atoms with Gasteiger partial charge in [-0.2, -0.15) is 0 Å². The molecule has 1 heterocycles. The molecule has 20 heavy (non-hydrogen) atoms. The summed E-state index contributed by atoms with van der Waals surface area (Å²) in [6.45, 7) is 4.05. The fraction of sp³-hybridized carbons (Fsp3) is 0.429. The van der Waals surface area contributed by atoms with Crippen LogP contribution < -0.4 is 5.32 Å². The molecule has 2 rings (SSSR count). The highest BCUT2D eigenvalue weighted by Gasteiger charge is 2.14. The molecule has 0 aliphatic carbocycles. The van der Waals surface area contributed by atoms with Crippen molar-refractivity contribution in [2.75, 3.05) is 13.7 Å². The minimum atomic E-state index is -0.233. The Morgan fingerprint density at radius 3 is 2.95 bits per heavy atom. The number of aliphatic hydroxyl groups excluding tert-OH is 1. The van der Waals surface area contributed by atoms with Crippen LogP contribution in [-0.4, -0.2) is 45.7 Å². The smallest absolute Gasteiger partial charge is 0.317 e. The van der Waals surface area contributed by atoms with Crippen LogP contribution in [0.15, 0.2) is 18.2 Å². The number of benzene rings is 1. The second-order valence-electron chi connectivity index (χ2n) is 4.96. The lowest BCUT2D eigenvalue weighted by atomic mass is 10.2. The maximum Gasteiger partial charge on any atom is 0.317 e. The molecule has 0 radical (unpaired) electrons. The topological polar surface area (TPSA) is 81.2 Å². The molecule has 6 nitrogen and oxygen atoms in total. The van der Waals surface area contributed by atoms with Crippen molar-refractivity contribution in [3.8, 4) is 0 Å². The largest absolute Gasteiger partial charge is 0.394 e. The van der Waals surface area contributed by atoms with Gasteiger partial charge in [0, 0.05) is 7.05 Å². The number of nitrogens with one attached hydrogen (secondary N) is 2. The summed E-state index contributed by atoms with van der Waals surface area (Å²) in [5.74, 6) is 0.715. The number of rotatable bonds is 4. The SMILES string of the molecule is Cc1cccc2[nH]c(CNC(=O)N(C)C(C)CO)nc12. The summed E-state index contributed by atoms with van der Waals surface area (Å²) >= 11 is 0. The zero-order valence-electron chi connectivity index (χ0n) is 12.0. The molecule has 108 valence electrons. The molecule has 2 amide bonds. The fourth-order valence-electron chi connectivity index (χ4n) is 1.92. The second-order valence-corrected chi connectivity index (χ2v) is 4.96. The number of urea groups is 1. The molecule has 3 N–H and O–H groups in total. The van der Waals surface area contributed by atoms with Crippen LogP contribution in [0.2, 0.25) is 0 Å². The summed E-state index contributed by atoms with van der Waals surface area (Å²) in [7, 11) is 1.65. The summed E-state index contributed by atoms with van der Waals surface area (Å²) in [4.78, 5) is 21.0. The number of aliphatic hydroxyl groups is 1. The molecule has 0 aliphatic rings. The number of aromatic amines is 1. The third-order valence-corrected chi connectivity index (χ3v) is 3.42. The van der Waals surface area contributed by atoms with E-state index >= 15 is 0 Å². The Bertz CT molecular complexity index is 608. The van der Waals surface area contributed by atoms with Crippen molar-refractivity contribution >= 4 is 17.1 Å². The Labute approximate surface area is 117 Å². The number of carbonyl (C=O) groups is 1. The predicted octanol–water partition coefficient (Wildman–Crippen LogP) is 1.39. The number of amides is 2. The summed E-state index contributed by atoms with van der Waals surface area (Å²) in [5, 5.41) is 11.8. The molecule has 0 fully saturated rings. The Hall–Kier alpha value is -2.08. The lowest BCUT2D eigenvalue weighted by Gasteiger charge is -2.23. The molecule has 6 heteroatoms. The van der Waals surface area contributed by atoms with Crippen LogP contribution in [0.4, 0.5) is 4.79 Å². The molecule has 0 aliphatic heterocycles. The zero-order chi connectivity index (χ0) is 14.7. The monoisotopic (exact) mass is 276 g/mol. The number of para-hydroxylation sites is 1. The van der Waals surface area contributed by atoms with Crippen LogP contribution >= 0.6 is 0 Å². The van der Waals surface area contributed by atoms with E-state index in [1.54, 1.807) is 14.0 Å². The van der Waals surface area contributed by atoms with Crippen LogP contribution in [0.3, 0.4) is 0 Å². The van der Waals surface area contributed by atoms with Gasteiger partial charge in [0.25, 0.3) is 0 Å². The quantitative estimate of drug-likeness (QED) is 0.789. The van der Waals surface area contributed by atoms with E-state index in [1.165, 1.54) is 4.90 Å². The molecular weight excluding hydrogens is 256 g/mol. The number of hydrogen-bond acceptors (Lipinski definition) is 3. The first-order chi connectivity index (χ1) is 9.52. The Morgan fingerprint density at radius 1 is 1.55 bits per heavy atom. The van der Waals surface area contributed by atoms with Crippen LogP contribution in [-0.2, 0) is 6.54 Å². The summed E-state index contributed by atoms with van der Waals surface area (Å²) < 4.78 is 0. The first kappa shape index (κ1) is 14.3. The average Bonchev–Trinajstić information content (AvgIpc) is 2.87. The maximum absolute atomic E-state index is 11.9. The molecule has 2 aromatic rings. The van der Waals surface area contributed by atoms with E-state index in [4.69, 9.17) is 5.11 Å². The van der Waals surface area contributed by atoms with E-state index < -0.39 is 0 Å². The highest BCUT2D eigenvalue weighted by Crippen LogP contribution is 2.15. The van der Waals surface area contributed by atoms with Gasteiger partial charge in [0.05, 0.1) is 30.2 Å². The number of likely N-dealkylation sites (N-methyl/N-ethyl adjacent to an activating group) is 1. The van der Waals surface area contributed by atoms with E-state index in [2.05, 4.69) is 15.3 Å². The number of hydrogen-bond donors (Lipinski definition) is 3. The molecule has 0 saturated heterocycles. The molecule has 0 bridgehead atoms. The van der Waals surface area contributed by atoms with E-state index in [0.29, 0.717) is 12.4 Å². The molecule has 1 unspecified atom stereocenters. The van der Waals surface area contributed by atoms with Crippen molar-refractivity contribution in [3.63, 3.8) is 0 Å². The highest BCUT2D eigenvalue weighted by molar-refractivity contribution is 5.78. The minimum Gasteiger partial charge on any atom is -0.394 e. The van der Waals surface area contributed by atoms with Crippen molar-refractivity contribution in [3.05, 3.63) is 29.6 Å². The molecule has 1 aromatic carbocycles. The molecule has 1 aromatic heterocycles. The molecule has 0 saturated carbocycles. The summed E-state index contributed by atoms with van der Waals surface area (Å²) in [6.07, 6.45) is 0. The summed E-state index contributed by atoms with van der Waals surface area (Å²) in [6, 6.07) is 5.48. The van der Waals surface area contributed by atoms with Gasteiger partial charge in [-0.3, -0.25) is 0 Å². The van der Waals surface area contributed by atoms with Crippen LogP contribution in [0, 0.1) is 6.92 Å². The van der Waals surface area contributed by atoms with Gasteiger partial charge in [-0.15, -0.1) is 0 Å². The Morgan fingerprint density at radius 2 is 2.30 bits per heavy atom. The number of aromatic nitrogens is 2. The number of carbonyl (C=O) groups excluding carboxylic acids is 1. The van der Waals surface area contributed by atoms with Crippen molar-refractivity contribution in [1.29, 1.82) is 0 Å². The zero-order valence-corrected chi connectivity index (χ0v) is 12.0. The standard InChI is InChI=1S/C14H20N4O2/c1-9-5-4-6-11-13(9)17-12(16-11)7-15-14(20)18(3)10(2)8-19/h4-6,10,19H,7-8H2,1-3H3,(H,15,20)(H,16,17). The van der Waals surface area contributed by atoms with Crippen LogP contribution in [0.5, 0.6) is 0 Å². The number of aryl methyl sites for hydroxylation is 1. The van der Waals surface area contributed by atoms with Crippen molar-refractivity contribution in [2.24, 2.45) is 0 Å². The minimum absolute atomic E-state index is 0.0618. The maximum atomic E-state index is 11.9. The molecule has 0 spiro atoms. The van der Waals surface area contributed by atoms with Crippen molar-refractivity contribution < 1.29 is 9.90 Å². The van der Waals surface area contributed by atoms with E-state index in [9.17, 15) is 4.79 Å². The van der Waals surface area contributed by atoms with E-state index in [0.717, 1.165) is 16.6 Å². The van der Waals surface area contributed by atoms with Crippen LogP contribution in [0.25, 0.3) is 11.0 Å². The first-order valence-electron chi connectivity index (χ1n) is 6.58. The first-order valence-corrected chi connectivity index (χ1v) is 6.58. The van der Waals surface area contributed by atoms with Crippen molar-refractivity contribution in [2.45, 2.75) is 26.4 Å². The highest BCUT2D eigenvalue weighted by atomic mass is 16.3. The Balaban J connectivity index is 2.02. The van der Waals surface area contributed by atoms with Gasteiger partial charge >= 0.3 is 6.03 Å². The average molecular weight is 276 g/mol. The van der Waals surface area contributed by atoms with Gasteiger partial charge in [0.2, 0.25) is 0 Å². The van der Waals surface area contributed by atoms with Gasteiger partial charge in [0.1, 0.15) is 5.82 Å². The lowest BCUT2D eigenvalue weighted by molar-refractivity contribution is 0.157. The third kappa shape index (κ3) is 2.91. The third-order valence-electron chi connectivity index (χ3n) is 3.42. The fourth-order valence-corrected chi connectivity index (χ4v) is 1.92. The summed E-state index contributed by atoms with van der Waals surface area (Å²) in [5.41, 5.74) is 2.99. The van der Waals surface area contributed by atoms with Crippen LogP contribution in [0.1, 0.15) is 18.3 Å². The lowest BCUT2D eigenvalue weighted by Crippen LogP contribution is -2.43. The normalized spacial score (nSPS) is 12.4. The van der Waals surface area contributed by atoms with Gasteiger partial charge < -0.3 is 20.3 Å². The van der Waals surface area contributed by atoms with Gasteiger partial charge in [-0.05, 0) is 25.5 Å². The van der Waals surface area contributed by atoms with Gasteiger partial charge in [-0.1, -0.05) is 12.1 Å². The number of H-pyrrole nitrogens is 1. The second kappa shape index (κ2) is 5.92. The van der Waals surface area contributed by atoms with E-state index in [-0.39, 0.29) is 18.7 Å². The molecular formula is C14H20N4O2. The van der Waals surface area contributed by atoms with Crippen molar-refractivity contribution in [1.82, 2.24) is 20.2 Å².